The van der Waals surface area contributed by atoms with E-state index >= 15 is 0 Å². The van der Waals surface area contributed by atoms with Gasteiger partial charge in [0.05, 0.1) is 0 Å². The highest BCUT2D eigenvalue weighted by Crippen LogP contribution is 2.22. The molecule has 0 saturated carbocycles. The fraction of sp³-hybridized carbons (Fsp3) is 0.429. The number of hydrogen-bond acceptors (Lipinski definition) is 2. The number of thioether (sulfide) groups is 1. The van der Waals surface area contributed by atoms with E-state index in [9.17, 15) is 0 Å². The lowest BCUT2D eigenvalue weighted by Gasteiger charge is -2.05. The Balaban J connectivity index is 2.32. The lowest BCUT2D eigenvalue weighted by atomic mass is 10.3. The van der Waals surface area contributed by atoms with E-state index in [2.05, 4.69) is 23.8 Å². The molecular formula is C7H11NS. The maximum Gasteiger partial charge on any atom is 0.0104 e. The first-order valence-electron chi connectivity index (χ1n) is 3.20. The molecule has 1 N–H and O–H groups in total. The fourth-order valence-electron chi connectivity index (χ4n) is 0.713. The summed E-state index contributed by atoms with van der Waals surface area (Å²) in [7, 11) is 0. The van der Waals surface area contributed by atoms with Crippen LogP contribution in [0, 0.1) is 0 Å². The molecule has 0 spiro atoms. The third-order valence-corrected chi connectivity index (χ3v) is 2.02. The van der Waals surface area contributed by atoms with Crippen LogP contribution in [-0.2, 0) is 0 Å². The third-order valence-electron chi connectivity index (χ3n) is 1.12. The molecule has 0 atom stereocenters. The zero-order chi connectivity index (χ0) is 6.53. The fourth-order valence-corrected chi connectivity index (χ4v) is 1.49. The van der Waals surface area contributed by atoms with Gasteiger partial charge in [-0.25, -0.2) is 0 Å². The van der Waals surface area contributed by atoms with Crippen molar-refractivity contribution in [2.24, 2.45) is 0 Å². The molecule has 0 radical (unpaired) electrons. The van der Waals surface area contributed by atoms with Gasteiger partial charge in [-0.3, -0.25) is 0 Å². The Morgan fingerprint density at radius 1 is 1.67 bits per heavy atom. The van der Waals surface area contributed by atoms with Crippen LogP contribution < -0.4 is 5.32 Å². The molecule has 9 heavy (non-hydrogen) atoms. The second kappa shape index (κ2) is 3.62. The summed E-state index contributed by atoms with van der Waals surface area (Å²) in [4.78, 5) is 1.43. The van der Waals surface area contributed by atoms with E-state index < -0.39 is 0 Å². The maximum atomic E-state index is 3.06. The van der Waals surface area contributed by atoms with E-state index in [4.69, 9.17) is 0 Å². The molecule has 1 nitrogen and oxygen atoms in total. The summed E-state index contributed by atoms with van der Waals surface area (Å²) < 4.78 is 0. The SMILES string of the molecule is CCCC1=CNC=CS1. The predicted molar refractivity (Wildman–Crippen MR) is 42.9 cm³/mol. The minimum absolute atomic E-state index is 1.20. The summed E-state index contributed by atoms with van der Waals surface area (Å²) >= 11 is 1.81. The van der Waals surface area contributed by atoms with Crippen LogP contribution in [0.15, 0.2) is 22.7 Å². The molecule has 2 heteroatoms. The van der Waals surface area contributed by atoms with Crippen LogP contribution in [0.2, 0.25) is 0 Å². The van der Waals surface area contributed by atoms with E-state index in [1.165, 1.54) is 17.7 Å². The normalized spacial score (nSPS) is 16.8. The molecule has 0 fully saturated rings. The molecule has 0 bridgehead atoms. The molecule has 0 aromatic carbocycles. The molecule has 0 aromatic rings. The van der Waals surface area contributed by atoms with E-state index in [1.807, 2.05) is 6.20 Å². The van der Waals surface area contributed by atoms with Crippen LogP contribution in [0.4, 0.5) is 0 Å². The molecular weight excluding hydrogens is 130 g/mol. The largest absolute Gasteiger partial charge is 0.366 e. The molecule has 50 valence electrons. The van der Waals surface area contributed by atoms with Crippen LogP contribution in [0.3, 0.4) is 0 Å². The van der Waals surface area contributed by atoms with Crippen LogP contribution in [0.25, 0.3) is 0 Å². The zero-order valence-corrected chi connectivity index (χ0v) is 6.37. The Morgan fingerprint density at radius 3 is 3.11 bits per heavy atom. The minimum atomic E-state index is 1.20. The van der Waals surface area contributed by atoms with Crippen LogP contribution in [0.5, 0.6) is 0 Å². The first-order valence-corrected chi connectivity index (χ1v) is 4.08. The molecule has 0 unspecified atom stereocenters. The molecule has 1 aliphatic rings. The van der Waals surface area contributed by atoms with Crippen LogP contribution in [-0.4, -0.2) is 0 Å². The second-order valence-corrected chi connectivity index (χ2v) is 2.98. The van der Waals surface area contributed by atoms with Crippen molar-refractivity contribution in [3.8, 4) is 0 Å². The van der Waals surface area contributed by atoms with Gasteiger partial charge in [0.1, 0.15) is 0 Å². The zero-order valence-electron chi connectivity index (χ0n) is 5.55. The smallest absolute Gasteiger partial charge is 0.0104 e. The Morgan fingerprint density at radius 2 is 2.56 bits per heavy atom. The highest BCUT2D eigenvalue weighted by atomic mass is 32.2. The van der Waals surface area contributed by atoms with Crippen LogP contribution in [0.1, 0.15) is 19.8 Å². The van der Waals surface area contributed by atoms with Crippen molar-refractivity contribution in [2.75, 3.05) is 0 Å². The number of allylic oxidation sites excluding steroid dienone is 1. The van der Waals surface area contributed by atoms with E-state index in [-0.39, 0.29) is 0 Å². The van der Waals surface area contributed by atoms with Gasteiger partial charge in [0.2, 0.25) is 0 Å². The summed E-state index contributed by atoms with van der Waals surface area (Å²) in [6, 6.07) is 0. The van der Waals surface area contributed by atoms with E-state index in [0.717, 1.165) is 0 Å². The van der Waals surface area contributed by atoms with Gasteiger partial charge in [-0.1, -0.05) is 25.1 Å². The van der Waals surface area contributed by atoms with Gasteiger partial charge in [0.25, 0.3) is 0 Å². The Bertz CT molecular complexity index is 138. The summed E-state index contributed by atoms with van der Waals surface area (Å²) in [6.45, 7) is 2.19. The third kappa shape index (κ3) is 2.14. The molecule has 0 saturated heterocycles. The van der Waals surface area contributed by atoms with Crippen molar-refractivity contribution < 1.29 is 0 Å². The topological polar surface area (TPSA) is 12.0 Å². The Labute approximate surface area is 60.2 Å². The highest BCUT2D eigenvalue weighted by Gasteiger charge is 1.95. The number of rotatable bonds is 2. The average molecular weight is 141 g/mol. The maximum absolute atomic E-state index is 3.06. The molecule has 1 aliphatic heterocycles. The average Bonchev–Trinajstić information content (AvgIpc) is 1.91. The van der Waals surface area contributed by atoms with Crippen molar-refractivity contribution >= 4 is 11.8 Å². The van der Waals surface area contributed by atoms with Gasteiger partial charge in [-0.2, -0.15) is 0 Å². The number of hydrogen-bond donors (Lipinski definition) is 1. The standard InChI is InChI=1S/C7H11NS/c1-2-3-7-6-8-4-5-9-7/h4-6,8H,2-3H2,1H3. The summed E-state index contributed by atoms with van der Waals surface area (Å²) in [5.74, 6) is 0. The van der Waals surface area contributed by atoms with Crippen molar-refractivity contribution in [3.05, 3.63) is 22.7 Å². The lowest BCUT2D eigenvalue weighted by Crippen LogP contribution is -1.96. The van der Waals surface area contributed by atoms with Crippen LogP contribution >= 0.6 is 11.8 Å². The number of nitrogens with one attached hydrogen (secondary N) is 1. The van der Waals surface area contributed by atoms with Crippen molar-refractivity contribution in [3.63, 3.8) is 0 Å². The quantitative estimate of drug-likeness (QED) is 0.634. The van der Waals surface area contributed by atoms with Gasteiger partial charge < -0.3 is 5.32 Å². The van der Waals surface area contributed by atoms with Crippen molar-refractivity contribution in [1.82, 2.24) is 5.32 Å². The van der Waals surface area contributed by atoms with Gasteiger partial charge >= 0.3 is 0 Å². The second-order valence-electron chi connectivity index (χ2n) is 1.95. The van der Waals surface area contributed by atoms with Crippen molar-refractivity contribution in [2.45, 2.75) is 19.8 Å². The van der Waals surface area contributed by atoms with E-state index in [1.54, 1.807) is 11.8 Å². The first-order chi connectivity index (χ1) is 4.43. The predicted octanol–water partition coefficient (Wildman–Crippen LogP) is 2.44. The highest BCUT2D eigenvalue weighted by molar-refractivity contribution is 8.05. The van der Waals surface area contributed by atoms with Gasteiger partial charge in [-0.05, 0) is 11.8 Å². The van der Waals surface area contributed by atoms with Gasteiger partial charge in [-0.15, -0.1) is 0 Å². The molecule has 1 rings (SSSR count). The first kappa shape index (κ1) is 6.75. The Kier molecular flexibility index (Phi) is 2.71. The monoisotopic (exact) mass is 141 g/mol. The molecule has 0 amide bonds. The Hall–Kier alpha value is -0.370. The lowest BCUT2D eigenvalue weighted by molar-refractivity contribution is 0.935. The molecule has 1 heterocycles. The summed E-state index contributed by atoms with van der Waals surface area (Å²) in [5.41, 5.74) is 0. The summed E-state index contributed by atoms with van der Waals surface area (Å²) in [5, 5.41) is 5.13. The molecule has 0 aromatic heterocycles. The van der Waals surface area contributed by atoms with Crippen molar-refractivity contribution in [1.29, 1.82) is 0 Å². The van der Waals surface area contributed by atoms with Gasteiger partial charge in [0, 0.05) is 17.3 Å². The van der Waals surface area contributed by atoms with Gasteiger partial charge in [0.15, 0.2) is 0 Å². The molecule has 0 aliphatic carbocycles. The minimum Gasteiger partial charge on any atom is -0.366 e. The van der Waals surface area contributed by atoms with E-state index in [0.29, 0.717) is 0 Å². The summed E-state index contributed by atoms with van der Waals surface area (Å²) in [6.07, 6.45) is 6.44.